The van der Waals surface area contributed by atoms with Crippen molar-refractivity contribution in [2.45, 2.75) is 43.3 Å². The van der Waals surface area contributed by atoms with Gasteiger partial charge in [-0.1, -0.05) is 12.1 Å². The van der Waals surface area contributed by atoms with Crippen molar-refractivity contribution in [3.8, 4) is 0 Å². The fourth-order valence-electron chi connectivity index (χ4n) is 4.80. The zero-order valence-corrected chi connectivity index (χ0v) is 21.7. The molecule has 2 fully saturated rings. The first-order chi connectivity index (χ1) is 17.6. The Kier molecular flexibility index (Phi) is 6.10. The molecule has 2 aromatic carbocycles. The highest BCUT2D eigenvalue weighted by molar-refractivity contribution is 7.89. The number of carbonyl (C=O) groups excluding carboxylic acids is 1. The van der Waals surface area contributed by atoms with Crippen LogP contribution in [0.25, 0.3) is 4.85 Å². The third-order valence-corrected chi connectivity index (χ3v) is 8.79. The molecule has 1 saturated carbocycles. The zero-order chi connectivity index (χ0) is 26.5. The third-order valence-electron chi connectivity index (χ3n) is 6.95. The Hall–Kier alpha value is -3.66. The largest absolute Gasteiger partial charge is 0.303 e. The minimum Gasteiger partial charge on any atom is -0.303 e. The van der Waals surface area contributed by atoms with Gasteiger partial charge in [0.15, 0.2) is 15.8 Å². The summed E-state index contributed by atoms with van der Waals surface area (Å²) in [6.07, 6.45) is 3.36. The normalized spacial score (nSPS) is 16.8. The molecule has 1 saturated heterocycles. The van der Waals surface area contributed by atoms with Gasteiger partial charge in [-0.25, -0.2) is 22.4 Å². The molecule has 37 heavy (non-hydrogen) atoms. The van der Waals surface area contributed by atoms with Crippen molar-refractivity contribution in [3.05, 3.63) is 77.0 Å². The Morgan fingerprint density at radius 3 is 2.49 bits per heavy atom. The topological polar surface area (TPSA) is 91.9 Å². The molecule has 1 aliphatic carbocycles. The van der Waals surface area contributed by atoms with Gasteiger partial charge in [0.25, 0.3) is 15.9 Å². The highest BCUT2D eigenvalue weighted by Gasteiger charge is 2.59. The quantitative estimate of drug-likeness (QED) is 0.377. The fourth-order valence-corrected chi connectivity index (χ4v) is 6.40. The van der Waals surface area contributed by atoms with Gasteiger partial charge in [0.1, 0.15) is 11.4 Å². The van der Waals surface area contributed by atoms with Crippen LogP contribution in [0.2, 0.25) is 0 Å². The minimum atomic E-state index is -3.88. The summed E-state index contributed by atoms with van der Waals surface area (Å²) in [4.78, 5) is 20.3. The van der Waals surface area contributed by atoms with Crippen LogP contribution in [0.5, 0.6) is 0 Å². The Labute approximate surface area is 219 Å². The van der Waals surface area contributed by atoms with Crippen LogP contribution in [0.3, 0.4) is 0 Å². The van der Waals surface area contributed by atoms with E-state index in [1.54, 1.807) is 36.1 Å². The average molecular weight is 539 g/mol. The lowest BCUT2D eigenvalue weighted by Crippen LogP contribution is -2.55. The van der Waals surface area contributed by atoms with Crippen molar-refractivity contribution in [1.29, 1.82) is 0 Å². The van der Waals surface area contributed by atoms with Crippen LogP contribution in [0.4, 0.5) is 21.5 Å². The summed E-state index contributed by atoms with van der Waals surface area (Å²) in [5, 5.41) is 4.06. The van der Waals surface area contributed by atoms with E-state index in [2.05, 4.69) is 14.7 Å². The number of anilines is 2. The molecule has 12 heteroatoms. The van der Waals surface area contributed by atoms with Gasteiger partial charge in [-0.2, -0.15) is 5.10 Å². The molecular weight excluding hydrogens is 515 g/mol. The van der Waals surface area contributed by atoms with E-state index in [9.17, 15) is 13.2 Å². The number of hydrogen-bond donors (Lipinski definition) is 1. The van der Waals surface area contributed by atoms with Crippen molar-refractivity contribution in [1.82, 2.24) is 14.5 Å². The van der Waals surface area contributed by atoms with Crippen molar-refractivity contribution in [3.63, 3.8) is 0 Å². The molecule has 1 aliphatic heterocycles. The lowest BCUT2D eigenvalue weighted by Gasteiger charge is -2.43. The summed E-state index contributed by atoms with van der Waals surface area (Å²) < 4.78 is 43.9. The van der Waals surface area contributed by atoms with E-state index in [1.807, 2.05) is 0 Å². The van der Waals surface area contributed by atoms with Gasteiger partial charge >= 0.3 is 0 Å². The minimum absolute atomic E-state index is 0.0304. The number of aromatic nitrogens is 2. The molecule has 1 aromatic heterocycles. The maximum Gasteiger partial charge on any atom is 0.259 e. The van der Waals surface area contributed by atoms with Gasteiger partial charge in [0.05, 0.1) is 12.8 Å². The first kappa shape index (κ1) is 25.0. The number of carbonyl (C=O) groups is 1. The molecule has 9 nitrogen and oxygen atoms in total. The number of rotatable bonds is 6. The van der Waals surface area contributed by atoms with Crippen molar-refractivity contribution >= 4 is 50.3 Å². The van der Waals surface area contributed by atoms with Crippen LogP contribution < -0.4 is 14.5 Å². The number of amides is 1. The molecule has 2 heterocycles. The number of aryl methyl sites for hydroxylation is 2. The molecule has 0 atom stereocenters. The fraction of sp³-hybridized carbons (Fsp3) is 0.280. The second-order valence-corrected chi connectivity index (χ2v) is 11.2. The highest BCUT2D eigenvalue weighted by atomic mass is 32.2. The number of sulfonamides is 1. The first-order valence-corrected chi connectivity index (χ1v) is 13.4. The monoisotopic (exact) mass is 538 g/mol. The number of hydrogen-bond acceptors (Lipinski definition) is 5. The van der Waals surface area contributed by atoms with Crippen molar-refractivity contribution in [2.24, 2.45) is 7.05 Å². The van der Waals surface area contributed by atoms with E-state index >= 15 is 4.39 Å². The second kappa shape index (κ2) is 9.02. The van der Waals surface area contributed by atoms with E-state index in [0.717, 1.165) is 12.0 Å². The SMILES string of the molecule is [C-]#[N+]c1ccc(N2C(=O)C3(CCC3)N(c3ccc(CNS(=O)(=O)c4ccnn4C)c(F)c3)C2=S)cc1C. The molecule has 1 N–H and O–H groups in total. The number of halogens is 1. The predicted octanol–water partition coefficient (Wildman–Crippen LogP) is 3.96. The summed E-state index contributed by atoms with van der Waals surface area (Å²) in [6, 6.07) is 10.9. The van der Waals surface area contributed by atoms with Crippen molar-refractivity contribution < 1.29 is 17.6 Å². The van der Waals surface area contributed by atoms with Crippen LogP contribution in [0.15, 0.2) is 53.7 Å². The molecular formula is C25H23FN6O3S2. The molecule has 190 valence electrons. The smallest absolute Gasteiger partial charge is 0.259 e. The average Bonchev–Trinajstić information content (AvgIpc) is 3.36. The number of benzene rings is 2. The summed E-state index contributed by atoms with van der Waals surface area (Å²) in [6.45, 7) is 8.81. The Balaban J connectivity index is 1.43. The lowest BCUT2D eigenvalue weighted by atomic mass is 9.75. The summed E-state index contributed by atoms with van der Waals surface area (Å²) >= 11 is 5.74. The first-order valence-electron chi connectivity index (χ1n) is 11.5. The maximum absolute atomic E-state index is 15.2. The van der Waals surface area contributed by atoms with Crippen LogP contribution in [-0.4, -0.2) is 34.8 Å². The van der Waals surface area contributed by atoms with E-state index < -0.39 is 21.4 Å². The van der Waals surface area contributed by atoms with Gasteiger partial charge in [-0.3, -0.25) is 14.4 Å². The standard InChI is InChI=1S/C25H23FN6O3S2/c1-16-13-18(7-8-21(16)27-2)31-23(33)25(10-4-11-25)32(24(31)36)19-6-5-17(20(26)14-19)15-29-37(34,35)22-9-12-28-30(22)3/h5-9,12-14,29H,4,10-11,15H2,1,3H3. The van der Waals surface area contributed by atoms with Gasteiger partial charge in [-0.05, 0) is 74.3 Å². The molecule has 1 amide bonds. The van der Waals surface area contributed by atoms with E-state index in [-0.39, 0.29) is 28.2 Å². The number of nitrogens with one attached hydrogen (secondary N) is 1. The van der Waals surface area contributed by atoms with E-state index in [4.69, 9.17) is 18.8 Å². The molecule has 2 aliphatic rings. The lowest BCUT2D eigenvalue weighted by molar-refractivity contribution is -0.123. The van der Waals surface area contributed by atoms with Gasteiger partial charge in [0.2, 0.25) is 0 Å². The van der Waals surface area contributed by atoms with E-state index in [1.165, 1.54) is 41.0 Å². The van der Waals surface area contributed by atoms with Gasteiger partial charge < -0.3 is 4.90 Å². The van der Waals surface area contributed by atoms with Gasteiger partial charge in [-0.15, -0.1) is 0 Å². The zero-order valence-electron chi connectivity index (χ0n) is 20.1. The summed E-state index contributed by atoms with van der Waals surface area (Å²) in [5.74, 6) is -0.794. The molecule has 0 radical (unpaired) electrons. The van der Waals surface area contributed by atoms with E-state index in [0.29, 0.717) is 29.9 Å². The Morgan fingerprint density at radius 2 is 1.92 bits per heavy atom. The van der Waals surface area contributed by atoms with Crippen LogP contribution in [0, 0.1) is 19.3 Å². The molecule has 1 spiro atoms. The van der Waals surface area contributed by atoms with Gasteiger partial charge in [0, 0.05) is 30.5 Å². The summed E-state index contributed by atoms with van der Waals surface area (Å²) in [7, 11) is -2.38. The Bertz CT molecular complexity index is 1590. The van der Waals surface area contributed by atoms with Crippen molar-refractivity contribution in [2.75, 3.05) is 9.80 Å². The molecule has 0 bridgehead atoms. The number of nitrogens with zero attached hydrogens (tertiary/aromatic N) is 5. The van der Waals surface area contributed by atoms with Crippen LogP contribution in [-0.2, 0) is 28.4 Å². The summed E-state index contributed by atoms with van der Waals surface area (Å²) in [5.41, 5.74) is 1.47. The Morgan fingerprint density at radius 1 is 1.19 bits per heavy atom. The third kappa shape index (κ3) is 3.99. The van der Waals surface area contributed by atoms with Crippen LogP contribution in [0.1, 0.15) is 30.4 Å². The van der Waals surface area contributed by atoms with Crippen LogP contribution >= 0.6 is 12.2 Å². The molecule has 5 rings (SSSR count). The second-order valence-electron chi connectivity index (χ2n) is 9.12. The molecule has 3 aromatic rings. The highest BCUT2D eigenvalue weighted by Crippen LogP contribution is 2.48. The molecule has 0 unspecified atom stereocenters. The maximum atomic E-state index is 15.2. The predicted molar refractivity (Wildman–Crippen MR) is 140 cm³/mol. The number of thiocarbonyl (C=S) groups is 1.